The van der Waals surface area contributed by atoms with E-state index < -0.39 is 48.0 Å². The predicted molar refractivity (Wildman–Crippen MR) is 272 cm³/mol. The number of benzene rings is 3. The zero-order valence-corrected chi connectivity index (χ0v) is 42.7. The Morgan fingerprint density at radius 2 is 0.847 bits per heavy atom. The molecule has 20 heteroatoms. The molecule has 0 bridgehead atoms. The molecule has 0 aliphatic rings. The topological polar surface area (TPSA) is 262 Å². The minimum atomic E-state index is -3.73. The van der Waals surface area contributed by atoms with Gasteiger partial charge in [-0.1, -0.05) is 53.1 Å². The minimum Gasteiger partial charge on any atom is -0.481 e. The number of carbonyl (C=O) groups excluding carboxylic acids is 1. The molecule has 4 heterocycles. The van der Waals surface area contributed by atoms with E-state index in [1.54, 1.807) is 85.1 Å². The molecule has 7 aromatic rings. The molecule has 384 valence electrons. The van der Waals surface area contributed by atoms with Gasteiger partial charge in [-0.05, 0) is 144 Å². The van der Waals surface area contributed by atoms with Gasteiger partial charge in [0.15, 0.2) is 5.78 Å². The van der Waals surface area contributed by atoms with Crippen molar-refractivity contribution in [2.75, 3.05) is 0 Å². The number of unbranched alkanes of at least 4 members (excludes halogenated alkanes) is 2. The second-order valence-electron chi connectivity index (χ2n) is 16.6. The van der Waals surface area contributed by atoms with E-state index in [1.165, 1.54) is 62.7 Å². The van der Waals surface area contributed by atoms with Crippen molar-refractivity contribution in [3.05, 3.63) is 186 Å². The van der Waals surface area contributed by atoms with E-state index in [9.17, 15) is 44.4 Å². The lowest BCUT2D eigenvalue weighted by atomic mass is 10.1. The number of aromatic nitrogens is 4. The number of nitrogens with one attached hydrogen (secondary N) is 1. The number of hydrogen-bond donors (Lipinski definition) is 4. The van der Waals surface area contributed by atoms with Gasteiger partial charge in [-0.2, -0.15) is 0 Å². The van der Waals surface area contributed by atoms with E-state index >= 15 is 0 Å². The molecular formula is C52H60N4O13S3. The van der Waals surface area contributed by atoms with Crippen molar-refractivity contribution < 1.29 is 59.8 Å². The van der Waals surface area contributed by atoms with Crippen LogP contribution < -0.4 is 0 Å². The minimum absolute atomic E-state index is 0.0703. The van der Waals surface area contributed by atoms with Crippen LogP contribution in [0.3, 0.4) is 0 Å². The number of rotatable bonds is 21. The standard InChI is InChI=1S/C16H17NO5S.C16H19NO4S.C11H11NO2S.C9H13NO2/c1-12-5-7-14(8-6-12)23(21,22)17-10-9-13(11-17)15(18)3-2-4-16(19)20;1-13-6-8-15(9-7-13)22(20,21)17-11-10-14(12-17)4-2-3-5-16(18)19;1-10-4-6-11(7-5-10)15(13,14)12-8-2-3-9-12;11-9(12)4-2-1-3-8-5-6-10-7-8/h5-11H,2-4H2,1H3,(H,19,20);6-12H,2-5H2,1H3,(H,18,19);2-9H,1H3;5-7,10H,1-4H2,(H,11,12). The smallest absolute Gasteiger partial charge is 0.303 e. The molecule has 3 aromatic carbocycles. The first kappa shape index (κ1) is 57.3. The van der Waals surface area contributed by atoms with Gasteiger partial charge in [-0.15, -0.1) is 0 Å². The highest BCUT2D eigenvalue weighted by atomic mass is 32.2. The van der Waals surface area contributed by atoms with Crippen LogP contribution in [0.15, 0.2) is 167 Å². The van der Waals surface area contributed by atoms with Gasteiger partial charge in [0.05, 0.1) is 14.7 Å². The van der Waals surface area contributed by atoms with E-state index in [-0.39, 0.29) is 53.2 Å². The van der Waals surface area contributed by atoms with Crippen molar-refractivity contribution in [3.63, 3.8) is 0 Å². The monoisotopic (exact) mass is 1040 g/mol. The molecule has 72 heavy (non-hydrogen) atoms. The summed E-state index contributed by atoms with van der Waals surface area (Å²) in [6.45, 7) is 5.69. The molecule has 0 saturated heterocycles. The first-order chi connectivity index (χ1) is 34.1. The number of carboxylic acids is 3. The summed E-state index contributed by atoms with van der Waals surface area (Å²) < 4.78 is 77.2. The van der Waals surface area contributed by atoms with Crippen molar-refractivity contribution in [2.24, 2.45) is 0 Å². The number of aryl methyl sites for hydroxylation is 5. The lowest BCUT2D eigenvalue weighted by molar-refractivity contribution is -0.138. The Hall–Kier alpha value is -7.29. The molecular weight excluding hydrogens is 985 g/mol. The van der Waals surface area contributed by atoms with Crippen LogP contribution in [-0.2, 0) is 57.3 Å². The molecule has 0 amide bonds. The first-order valence-electron chi connectivity index (χ1n) is 22.8. The van der Waals surface area contributed by atoms with E-state index in [2.05, 4.69) is 4.98 Å². The van der Waals surface area contributed by atoms with Gasteiger partial charge in [-0.3, -0.25) is 19.2 Å². The van der Waals surface area contributed by atoms with E-state index in [1.807, 2.05) is 39.2 Å². The molecule has 0 unspecified atom stereocenters. The third kappa shape index (κ3) is 18.1. The first-order valence-corrected chi connectivity index (χ1v) is 27.2. The zero-order valence-electron chi connectivity index (χ0n) is 40.2. The molecule has 0 fully saturated rings. The average Bonchev–Trinajstić information content (AvgIpc) is 4.20. The summed E-state index contributed by atoms with van der Waals surface area (Å²) in [4.78, 5) is 46.7. The molecule has 0 atom stereocenters. The molecule has 7 rings (SSSR count). The summed E-state index contributed by atoms with van der Waals surface area (Å²) in [7, 11) is -10.7. The van der Waals surface area contributed by atoms with Crippen LogP contribution in [-0.4, -0.2) is 81.2 Å². The number of carbonyl (C=O) groups is 4. The second kappa shape index (κ2) is 27.4. The molecule has 0 aliphatic heterocycles. The fourth-order valence-electron chi connectivity index (χ4n) is 6.65. The van der Waals surface area contributed by atoms with Gasteiger partial charge in [0.2, 0.25) is 0 Å². The van der Waals surface area contributed by atoms with E-state index in [0.29, 0.717) is 17.7 Å². The maximum Gasteiger partial charge on any atom is 0.303 e. The summed E-state index contributed by atoms with van der Waals surface area (Å²) in [6.07, 6.45) is 17.9. The number of nitrogens with zero attached hydrogens (tertiary/aromatic N) is 3. The highest BCUT2D eigenvalue weighted by Crippen LogP contribution is 2.19. The van der Waals surface area contributed by atoms with Gasteiger partial charge >= 0.3 is 17.9 Å². The summed E-state index contributed by atoms with van der Waals surface area (Å²) in [6, 6.07) is 28.5. The van der Waals surface area contributed by atoms with Crippen molar-refractivity contribution in [1.82, 2.24) is 16.9 Å². The Kier molecular flexibility index (Phi) is 21.8. The van der Waals surface area contributed by atoms with Gasteiger partial charge in [0, 0.05) is 80.8 Å². The number of Topliss-reactive ketones (excluding diaryl/α,β-unsaturated/α-hetero) is 1. The maximum absolute atomic E-state index is 12.5. The van der Waals surface area contributed by atoms with E-state index in [4.69, 9.17) is 15.3 Å². The summed E-state index contributed by atoms with van der Waals surface area (Å²) in [5.41, 5.74) is 5.39. The van der Waals surface area contributed by atoms with Gasteiger partial charge in [-0.25, -0.2) is 37.2 Å². The molecule has 0 aliphatic carbocycles. The number of aromatic amines is 1. The van der Waals surface area contributed by atoms with Crippen LogP contribution in [0.5, 0.6) is 0 Å². The Balaban J connectivity index is 0.000000215. The highest BCUT2D eigenvalue weighted by molar-refractivity contribution is 7.90. The van der Waals surface area contributed by atoms with Crippen molar-refractivity contribution in [2.45, 2.75) is 106 Å². The predicted octanol–water partition coefficient (Wildman–Crippen LogP) is 9.15. The Morgan fingerprint density at radius 1 is 0.444 bits per heavy atom. The third-order valence-electron chi connectivity index (χ3n) is 10.8. The number of hydrogen-bond acceptors (Lipinski definition) is 10. The lowest BCUT2D eigenvalue weighted by Gasteiger charge is -2.05. The van der Waals surface area contributed by atoms with E-state index in [0.717, 1.165) is 51.9 Å². The third-order valence-corrected chi connectivity index (χ3v) is 15.7. The highest BCUT2D eigenvalue weighted by Gasteiger charge is 2.19. The number of aliphatic carboxylic acids is 3. The van der Waals surface area contributed by atoms with Crippen LogP contribution in [0.4, 0.5) is 0 Å². The van der Waals surface area contributed by atoms with Crippen LogP contribution in [0.25, 0.3) is 0 Å². The molecule has 0 saturated carbocycles. The van der Waals surface area contributed by atoms with Crippen LogP contribution in [0.1, 0.15) is 96.0 Å². The lowest BCUT2D eigenvalue weighted by Crippen LogP contribution is -2.11. The number of carboxylic acid groups (broad SMARTS) is 3. The summed E-state index contributed by atoms with van der Waals surface area (Å²) in [5.74, 6) is -2.75. The Morgan fingerprint density at radius 3 is 1.28 bits per heavy atom. The second-order valence-corrected chi connectivity index (χ2v) is 22.2. The molecule has 0 spiro atoms. The fraction of sp³-hybridized carbons (Fsp3) is 0.269. The average molecular weight is 1050 g/mol. The van der Waals surface area contributed by atoms with Crippen LogP contribution in [0, 0.1) is 20.8 Å². The van der Waals surface area contributed by atoms with Crippen molar-refractivity contribution >= 4 is 53.8 Å². The van der Waals surface area contributed by atoms with Gasteiger partial charge in [0.1, 0.15) is 0 Å². The molecule has 4 N–H and O–H groups in total. The van der Waals surface area contributed by atoms with Gasteiger partial charge < -0.3 is 20.3 Å². The number of ketones is 1. The zero-order chi connectivity index (χ0) is 52.9. The Labute approximate surface area is 420 Å². The summed E-state index contributed by atoms with van der Waals surface area (Å²) >= 11 is 0. The Bertz CT molecular complexity index is 3160. The molecule has 0 radical (unpaired) electrons. The fourth-order valence-corrected chi connectivity index (χ4v) is 10.3. The maximum atomic E-state index is 12.5. The quantitative estimate of drug-likeness (QED) is 0.0387. The van der Waals surface area contributed by atoms with Crippen LogP contribution in [0.2, 0.25) is 0 Å². The molecule has 17 nitrogen and oxygen atoms in total. The number of H-pyrrole nitrogens is 1. The largest absolute Gasteiger partial charge is 0.481 e. The van der Waals surface area contributed by atoms with Crippen LogP contribution >= 0.6 is 0 Å². The van der Waals surface area contributed by atoms with Gasteiger partial charge in [0.25, 0.3) is 30.1 Å². The normalized spacial score (nSPS) is 11.2. The summed E-state index contributed by atoms with van der Waals surface area (Å²) in [5, 5.41) is 25.5. The molecule has 4 aromatic heterocycles. The van der Waals surface area contributed by atoms with Crippen molar-refractivity contribution in [3.8, 4) is 0 Å². The SMILES string of the molecule is Cc1ccc(S(=O)(=O)n2ccc(C(=O)CCCC(=O)O)c2)cc1.Cc1ccc(S(=O)(=O)n2ccc(CCCCC(=O)O)c2)cc1.Cc1ccc(S(=O)(=O)n2cccc2)cc1.O=C(O)CCCCc1cc[nH]c1. The van der Waals surface area contributed by atoms with Crippen molar-refractivity contribution in [1.29, 1.82) is 0 Å².